The first-order valence-electron chi connectivity index (χ1n) is 10.0. The van der Waals surface area contributed by atoms with Crippen LogP contribution < -0.4 is 4.90 Å². The fourth-order valence-corrected chi connectivity index (χ4v) is 3.83. The summed E-state index contributed by atoms with van der Waals surface area (Å²) < 4.78 is 0. The second-order valence-electron chi connectivity index (χ2n) is 7.34. The van der Waals surface area contributed by atoms with E-state index in [1.807, 2.05) is 47.4 Å². The van der Waals surface area contributed by atoms with E-state index in [-0.39, 0.29) is 11.9 Å². The number of hydrogen-bond donors (Lipinski definition) is 1. The summed E-state index contributed by atoms with van der Waals surface area (Å²) in [5.74, 6) is 0.559. The first-order chi connectivity index (χ1) is 13.2. The lowest BCUT2D eigenvalue weighted by Gasteiger charge is -2.38. The molecule has 3 rings (SSSR count). The average molecular weight is 367 g/mol. The standard InChI is InChI=1S/C23H30N2O2/c1-2-6-23(27)25(20-7-4-3-5-8-20)21-14-17-24(18-15-21)16-13-19-9-11-22(26)12-10-19/h3-5,7-12,21,26H,2,6,13-18H2,1H3. The summed E-state index contributed by atoms with van der Waals surface area (Å²) in [5, 5.41) is 9.39. The Hall–Kier alpha value is -2.33. The molecule has 1 heterocycles. The highest BCUT2D eigenvalue weighted by Gasteiger charge is 2.28. The zero-order chi connectivity index (χ0) is 19.1. The van der Waals surface area contributed by atoms with Crippen molar-refractivity contribution in [2.24, 2.45) is 0 Å². The third-order valence-electron chi connectivity index (χ3n) is 5.34. The molecule has 0 unspecified atom stereocenters. The molecule has 2 aromatic carbocycles. The van der Waals surface area contributed by atoms with Crippen LogP contribution in [0.15, 0.2) is 54.6 Å². The molecule has 1 amide bonds. The van der Waals surface area contributed by atoms with Crippen LogP contribution in [0.3, 0.4) is 0 Å². The number of carbonyl (C=O) groups excluding carboxylic acids is 1. The highest BCUT2D eigenvalue weighted by molar-refractivity contribution is 5.93. The molecule has 0 atom stereocenters. The zero-order valence-corrected chi connectivity index (χ0v) is 16.2. The van der Waals surface area contributed by atoms with Crippen molar-refractivity contribution in [3.8, 4) is 5.75 Å². The molecule has 0 spiro atoms. The summed E-state index contributed by atoms with van der Waals surface area (Å²) >= 11 is 0. The van der Waals surface area contributed by atoms with Gasteiger partial charge in [0.15, 0.2) is 0 Å². The predicted molar refractivity (Wildman–Crippen MR) is 110 cm³/mol. The van der Waals surface area contributed by atoms with Gasteiger partial charge in [0.05, 0.1) is 0 Å². The van der Waals surface area contributed by atoms with Gasteiger partial charge in [-0.3, -0.25) is 4.79 Å². The molecule has 144 valence electrons. The second-order valence-corrected chi connectivity index (χ2v) is 7.34. The Morgan fingerprint density at radius 1 is 1.07 bits per heavy atom. The first kappa shape index (κ1) is 19.4. The van der Waals surface area contributed by atoms with E-state index in [1.165, 1.54) is 5.56 Å². The van der Waals surface area contributed by atoms with Crippen LogP contribution >= 0.6 is 0 Å². The molecule has 27 heavy (non-hydrogen) atoms. The SMILES string of the molecule is CCCC(=O)N(c1ccccc1)C1CCN(CCc2ccc(O)cc2)CC1. The van der Waals surface area contributed by atoms with Gasteiger partial charge in [0.25, 0.3) is 0 Å². The van der Waals surface area contributed by atoms with E-state index >= 15 is 0 Å². The molecule has 0 saturated carbocycles. The number of rotatable bonds is 7. The zero-order valence-electron chi connectivity index (χ0n) is 16.2. The Bertz CT molecular complexity index is 707. The van der Waals surface area contributed by atoms with Crippen LogP contribution in [0, 0.1) is 0 Å². The predicted octanol–water partition coefficient (Wildman–Crippen LogP) is 4.23. The summed E-state index contributed by atoms with van der Waals surface area (Å²) in [6.07, 6.45) is 4.51. The third kappa shape index (κ3) is 5.33. The van der Waals surface area contributed by atoms with Crippen molar-refractivity contribution in [3.63, 3.8) is 0 Å². The van der Waals surface area contributed by atoms with Gasteiger partial charge in [0.1, 0.15) is 5.75 Å². The van der Waals surface area contributed by atoms with Gasteiger partial charge in [-0.15, -0.1) is 0 Å². The summed E-state index contributed by atoms with van der Waals surface area (Å²) in [6.45, 7) is 5.12. The molecule has 1 aliphatic rings. The van der Waals surface area contributed by atoms with Gasteiger partial charge >= 0.3 is 0 Å². The van der Waals surface area contributed by atoms with Crippen LogP contribution in [0.2, 0.25) is 0 Å². The minimum atomic E-state index is 0.242. The second kappa shape index (κ2) is 9.56. The maximum absolute atomic E-state index is 12.8. The van der Waals surface area contributed by atoms with Crippen molar-refractivity contribution in [3.05, 3.63) is 60.2 Å². The van der Waals surface area contributed by atoms with Gasteiger partial charge in [-0.2, -0.15) is 0 Å². The monoisotopic (exact) mass is 366 g/mol. The molecule has 1 fully saturated rings. The largest absolute Gasteiger partial charge is 0.508 e. The molecule has 0 bridgehead atoms. The maximum Gasteiger partial charge on any atom is 0.227 e. The van der Waals surface area contributed by atoms with Gasteiger partial charge < -0.3 is 14.9 Å². The number of aromatic hydroxyl groups is 1. The number of hydrogen-bond acceptors (Lipinski definition) is 3. The topological polar surface area (TPSA) is 43.8 Å². The number of phenolic OH excluding ortho intramolecular Hbond substituents is 1. The van der Waals surface area contributed by atoms with Crippen molar-refractivity contribution in [2.45, 2.75) is 45.1 Å². The van der Waals surface area contributed by atoms with E-state index in [1.54, 1.807) is 12.1 Å². The van der Waals surface area contributed by atoms with Crippen LogP contribution in [0.4, 0.5) is 5.69 Å². The summed E-state index contributed by atoms with van der Waals surface area (Å²) in [6, 6.07) is 17.9. The molecular formula is C23H30N2O2. The molecule has 1 aliphatic heterocycles. The van der Waals surface area contributed by atoms with Crippen LogP contribution in [0.1, 0.15) is 38.2 Å². The smallest absolute Gasteiger partial charge is 0.227 e. The summed E-state index contributed by atoms with van der Waals surface area (Å²) in [4.78, 5) is 17.3. The molecule has 0 aromatic heterocycles. The van der Waals surface area contributed by atoms with Crippen LogP contribution in [-0.2, 0) is 11.2 Å². The van der Waals surface area contributed by atoms with Gasteiger partial charge in [-0.25, -0.2) is 0 Å². The van der Waals surface area contributed by atoms with Crippen LogP contribution in [-0.4, -0.2) is 41.6 Å². The van der Waals surface area contributed by atoms with Gasteiger partial charge in [0.2, 0.25) is 5.91 Å². The van der Waals surface area contributed by atoms with Crippen molar-refractivity contribution in [1.82, 2.24) is 4.90 Å². The Morgan fingerprint density at radius 3 is 2.37 bits per heavy atom. The number of carbonyl (C=O) groups is 1. The maximum atomic E-state index is 12.8. The summed E-state index contributed by atoms with van der Waals surface area (Å²) in [5.41, 5.74) is 2.28. The Kier molecular flexibility index (Phi) is 6.88. The van der Waals surface area contributed by atoms with Gasteiger partial charge in [-0.1, -0.05) is 37.3 Å². The highest BCUT2D eigenvalue weighted by atomic mass is 16.3. The molecule has 4 heteroatoms. The molecule has 1 saturated heterocycles. The molecule has 1 N–H and O–H groups in total. The van der Waals surface area contributed by atoms with Gasteiger partial charge in [-0.05, 0) is 55.5 Å². The molecule has 0 aliphatic carbocycles. The van der Waals surface area contributed by atoms with Crippen molar-refractivity contribution >= 4 is 11.6 Å². The lowest BCUT2D eigenvalue weighted by molar-refractivity contribution is -0.119. The number of amides is 1. The normalized spacial score (nSPS) is 15.6. The first-order valence-corrected chi connectivity index (χ1v) is 10.0. The number of likely N-dealkylation sites (tertiary alicyclic amines) is 1. The molecular weight excluding hydrogens is 336 g/mol. The van der Waals surface area contributed by atoms with Crippen molar-refractivity contribution in [2.75, 3.05) is 24.5 Å². The Balaban J connectivity index is 1.57. The van der Waals surface area contributed by atoms with E-state index in [4.69, 9.17) is 0 Å². The number of nitrogens with zero attached hydrogens (tertiary/aromatic N) is 2. The lowest BCUT2D eigenvalue weighted by atomic mass is 10.0. The molecule has 2 aromatic rings. The average Bonchev–Trinajstić information content (AvgIpc) is 2.70. The van der Waals surface area contributed by atoms with Crippen LogP contribution in [0.25, 0.3) is 0 Å². The van der Waals surface area contributed by atoms with Crippen molar-refractivity contribution in [1.29, 1.82) is 0 Å². The molecule has 4 nitrogen and oxygen atoms in total. The number of phenols is 1. The third-order valence-corrected chi connectivity index (χ3v) is 5.34. The highest BCUT2D eigenvalue weighted by Crippen LogP contribution is 2.25. The van der Waals surface area contributed by atoms with E-state index in [0.29, 0.717) is 12.2 Å². The molecule has 0 radical (unpaired) electrons. The van der Waals surface area contributed by atoms with E-state index < -0.39 is 0 Å². The number of benzene rings is 2. The Labute approximate surface area is 162 Å². The lowest BCUT2D eigenvalue weighted by Crippen LogP contribution is -2.48. The quantitative estimate of drug-likeness (QED) is 0.797. The number of piperidine rings is 1. The Morgan fingerprint density at radius 2 is 1.74 bits per heavy atom. The van der Waals surface area contributed by atoms with E-state index in [9.17, 15) is 9.90 Å². The number of anilines is 1. The minimum Gasteiger partial charge on any atom is -0.508 e. The van der Waals surface area contributed by atoms with E-state index in [2.05, 4.69) is 11.8 Å². The number of para-hydroxylation sites is 1. The fourth-order valence-electron chi connectivity index (χ4n) is 3.83. The fraction of sp³-hybridized carbons (Fsp3) is 0.435. The minimum absolute atomic E-state index is 0.242. The van der Waals surface area contributed by atoms with E-state index in [0.717, 1.165) is 51.0 Å². The summed E-state index contributed by atoms with van der Waals surface area (Å²) in [7, 11) is 0. The van der Waals surface area contributed by atoms with Gasteiger partial charge in [0, 0.05) is 37.8 Å². The van der Waals surface area contributed by atoms with Crippen LogP contribution in [0.5, 0.6) is 5.75 Å². The van der Waals surface area contributed by atoms with Crippen molar-refractivity contribution < 1.29 is 9.90 Å².